The van der Waals surface area contributed by atoms with Gasteiger partial charge in [-0.1, -0.05) is 46.0 Å². The van der Waals surface area contributed by atoms with Gasteiger partial charge in [-0.2, -0.15) is 0 Å². The highest BCUT2D eigenvalue weighted by molar-refractivity contribution is 4.76. The Kier molecular flexibility index (Phi) is 5.62. The summed E-state index contributed by atoms with van der Waals surface area (Å²) < 4.78 is 0. The molecule has 0 saturated heterocycles. The molecule has 90 valence electrons. The van der Waals surface area contributed by atoms with Gasteiger partial charge in [-0.25, -0.2) is 0 Å². The first-order chi connectivity index (χ1) is 7.15. The molecule has 0 aromatic carbocycles. The van der Waals surface area contributed by atoms with Crippen molar-refractivity contribution >= 4 is 0 Å². The number of rotatable bonds is 5. The second-order valence-corrected chi connectivity index (χ2v) is 5.42. The summed E-state index contributed by atoms with van der Waals surface area (Å²) in [6.45, 7) is 4.18. The standard InChI is InChI=1S/C13H26O2/c1-10(2)13(15)12(9-14)8-11-6-4-3-5-7-11/h10-15H,3-9H2,1-2H3/t12-,13+/m1/s1. The molecule has 0 spiro atoms. The van der Waals surface area contributed by atoms with Crippen molar-refractivity contribution in [1.82, 2.24) is 0 Å². The average molecular weight is 214 g/mol. The van der Waals surface area contributed by atoms with Gasteiger partial charge in [-0.3, -0.25) is 0 Å². The van der Waals surface area contributed by atoms with Gasteiger partial charge in [0.05, 0.1) is 6.10 Å². The first-order valence-corrected chi connectivity index (χ1v) is 6.44. The van der Waals surface area contributed by atoms with Crippen LogP contribution in [0.1, 0.15) is 52.4 Å². The van der Waals surface area contributed by atoms with E-state index in [9.17, 15) is 10.2 Å². The summed E-state index contributed by atoms with van der Waals surface area (Å²) in [5.74, 6) is 1.09. The van der Waals surface area contributed by atoms with Gasteiger partial charge in [-0.15, -0.1) is 0 Å². The van der Waals surface area contributed by atoms with Gasteiger partial charge in [0.2, 0.25) is 0 Å². The maximum Gasteiger partial charge on any atom is 0.0613 e. The smallest absolute Gasteiger partial charge is 0.0613 e. The quantitative estimate of drug-likeness (QED) is 0.738. The molecule has 0 amide bonds. The van der Waals surface area contributed by atoms with Crippen molar-refractivity contribution in [1.29, 1.82) is 0 Å². The highest BCUT2D eigenvalue weighted by Crippen LogP contribution is 2.31. The second-order valence-electron chi connectivity index (χ2n) is 5.42. The zero-order valence-corrected chi connectivity index (χ0v) is 10.2. The molecule has 2 atom stereocenters. The third-order valence-corrected chi connectivity index (χ3v) is 3.76. The van der Waals surface area contributed by atoms with Crippen LogP contribution >= 0.6 is 0 Å². The molecule has 0 unspecified atom stereocenters. The van der Waals surface area contributed by atoms with Crippen LogP contribution in [0, 0.1) is 17.8 Å². The van der Waals surface area contributed by atoms with Crippen molar-refractivity contribution < 1.29 is 10.2 Å². The van der Waals surface area contributed by atoms with E-state index in [-0.39, 0.29) is 24.5 Å². The Morgan fingerprint density at radius 1 is 1.13 bits per heavy atom. The third-order valence-electron chi connectivity index (χ3n) is 3.76. The summed E-state index contributed by atoms with van der Waals surface area (Å²) in [7, 11) is 0. The zero-order chi connectivity index (χ0) is 11.3. The molecule has 0 heterocycles. The highest BCUT2D eigenvalue weighted by atomic mass is 16.3. The Bertz CT molecular complexity index is 162. The summed E-state index contributed by atoms with van der Waals surface area (Å²) in [5.41, 5.74) is 0. The molecule has 0 bridgehead atoms. The lowest BCUT2D eigenvalue weighted by Crippen LogP contribution is -2.31. The molecule has 15 heavy (non-hydrogen) atoms. The fourth-order valence-corrected chi connectivity index (χ4v) is 2.72. The molecular formula is C13H26O2. The normalized spacial score (nSPS) is 23.0. The van der Waals surface area contributed by atoms with Crippen molar-refractivity contribution in [3.8, 4) is 0 Å². The third kappa shape index (κ3) is 4.12. The van der Waals surface area contributed by atoms with Gasteiger partial charge in [0, 0.05) is 12.5 Å². The van der Waals surface area contributed by atoms with E-state index in [1.165, 1.54) is 32.1 Å². The van der Waals surface area contributed by atoms with Gasteiger partial charge in [0.1, 0.15) is 0 Å². The van der Waals surface area contributed by atoms with Crippen LogP contribution in [0.25, 0.3) is 0 Å². The predicted molar refractivity (Wildman–Crippen MR) is 62.6 cm³/mol. The zero-order valence-electron chi connectivity index (χ0n) is 10.2. The Hall–Kier alpha value is -0.0800. The Balaban J connectivity index is 2.37. The first kappa shape index (κ1) is 13.0. The fourth-order valence-electron chi connectivity index (χ4n) is 2.72. The molecule has 0 aliphatic heterocycles. The van der Waals surface area contributed by atoms with Gasteiger partial charge in [0.25, 0.3) is 0 Å². The molecule has 2 N–H and O–H groups in total. The summed E-state index contributed by atoms with van der Waals surface area (Å²) >= 11 is 0. The van der Waals surface area contributed by atoms with Crippen LogP contribution < -0.4 is 0 Å². The average Bonchev–Trinajstić information content (AvgIpc) is 2.26. The maximum absolute atomic E-state index is 9.96. The first-order valence-electron chi connectivity index (χ1n) is 6.44. The topological polar surface area (TPSA) is 40.5 Å². The molecular weight excluding hydrogens is 188 g/mol. The Morgan fingerprint density at radius 2 is 1.73 bits per heavy atom. The molecule has 0 aromatic rings. The molecule has 1 saturated carbocycles. The van der Waals surface area contributed by atoms with Crippen LogP contribution in [-0.2, 0) is 0 Å². The van der Waals surface area contributed by atoms with E-state index < -0.39 is 0 Å². The van der Waals surface area contributed by atoms with Gasteiger partial charge >= 0.3 is 0 Å². The minimum Gasteiger partial charge on any atom is -0.396 e. The largest absolute Gasteiger partial charge is 0.396 e. The second kappa shape index (κ2) is 6.49. The van der Waals surface area contributed by atoms with E-state index in [1.54, 1.807) is 0 Å². The van der Waals surface area contributed by atoms with Gasteiger partial charge in [-0.05, 0) is 18.3 Å². The van der Waals surface area contributed by atoms with E-state index in [1.807, 2.05) is 13.8 Å². The van der Waals surface area contributed by atoms with Crippen molar-refractivity contribution in [2.45, 2.75) is 58.5 Å². The van der Waals surface area contributed by atoms with Crippen LogP contribution in [0.3, 0.4) is 0 Å². The van der Waals surface area contributed by atoms with Gasteiger partial charge in [0.15, 0.2) is 0 Å². The van der Waals surface area contributed by atoms with Crippen LogP contribution in [-0.4, -0.2) is 22.9 Å². The fraction of sp³-hybridized carbons (Fsp3) is 1.00. The molecule has 1 aliphatic rings. The molecule has 0 radical (unpaired) electrons. The summed E-state index contributed by atoms with van der Waals surface area (Å²) in [6, 6.07) is 0. The monoisotopic (exact) mass is 214 g/mol. The summed E-state index contributed by atoms with van der Waals surface area (Å²) in [6.07, 6.45) is 7.30. The molecule has 0 aromatic heterocycles. The lowest BCUT2D eigenvalue weighted by molar-refractivity contribution is 0.0188. The predicted octanol–water partition coefficient (Wildman–Crippen LogP) is 2.58. The minimum atomic E-state index is -0.336. The van der Waals surface area contributed by atoms with Crippen molar-refractivity contribution in [3.63, 3.8) is 0 Å². The van der Waals surface area contributed by atoms with Crippen molar-refractivity contribution in [2.75, 3.05) is 6.61 Å². The van der Waals surface area contributed by atoms with Crippen LogP contribution in [0.4, 0.5) is 0 Å². The van der Waals surface area contributed by atoms with Crippen molar-refractivity contribution in [3.05, 3.63) is 0 Å². The lowest BCUT2D eigenvalue weighted by Gasteiger charge is -2.29. The van der Waals surface area contributed by atoms with E-state index in [4.69, 9.17) is 0 Å². The molecule has 1 aliphatic carbocycles. The van der Waals surface area contributed by atoms with Crippen LogP contribution in [0.2, 0.25) is 0 Å². The number of aliphatic hydroxyl groups excluding tert-OH is 2. The van der Waals surface area contributed by atoms with E-state index in [0.717, 1.165) is 12.3 Å². The van der Waals surface area contributed by atoms with Gasteiger partial charge < -0.3 is 10.2 Å². The number of aliphatic hydroxyl groups is 2. The summed E-state index contributed by atoms with van der Waals surface area (Å²) in [5, 5.41) is 19.3. The molecule has 2 heteroatoms. The summed E-state index contributed by atoms with van der Waals surface area (Å²) in [4.78, 5) is 0. The lowest BCUT2D eigenvalue weighted by atomic mass is 9.79. The van der Waals surface area contributed by atoms with E-state index in [2.05, 4.69) is 0 Å². The number of hydrogen-bond acceptors (Lipinski definition) is 2. The molecule has 2 nitrogen and oxygen atoms in total. The molecule has 1 fully saturated rings. The Labute approximate surface area is 93.7 Å². The minimum absolute atomic E-state index is 0.0908. The SMILES string of the molecule is CC(C)[C@H](O)[C@@H](CO)CC1CCCCC1. The van der Waals surface area contributed by atoms with Crippen LogP contribution in [0.5, 0.6) is 0 Å². The van der Waals surface area contributed by atoms with E-state index in [0.29, 0.717) is 0 Å². The van der Waals surface area contributed by atoms with Crippen LogP contribution in [0.15, 0.2) is 0 Å². The molecule has 1 rings (SSSR count). The van der Waals surface area contributed by atoms with E-state index >= 15 is 0 Å². The highest BCUT2D eigenvalue weighted by Gasteiger charge is 2.25. The number of hydrogen-bond donors (Lipinski definition) is 2. The van der Waals surface area contributed by atoms with Crippen molar-refractivity contribution in [2.24, 2.45) is 17.8 Å². The maximum atomic E-state index is 9.96. The Morgan fingerprint density at radius 3 is 2.20 bits per heavy atom.